The van der Waals surface area contributed by atoms with Crippen LogP contribution in [0, 0.1) is 17.8 Å². The number of carbonyl (C=O) groups excluding carboxylic acids is 3. The van der Waals surface area contributed by atoms with E-state index in [0.29, 0.717) is 12.5 Å². The van der Waals surface area contributed by atoms with Crippen LogP contribution in [0.15, 0.2) is 18.2 Å². The molecule has 6 nitrogen and oxygen atoms in total. The molecular weight excluding hydrogens is 366 g/mol. The standard InChI is InChI=1S/C23H31N3O3/c1-5-7-10-26-20(27)18-17(11-13(3)4)25-23(19(18)21(26)28)15-12-14(6-2)8-9-16(15)24-22(23)29/h8-9,12-13,17-19,25H,5-7,10-11H2,1-4H3,(H,24,29). The zero-order chi connectivity index (χ0) is 20.9. The number of rotatable bonds is 6. The van der Waals surface area contributed by atoms with Crippen LogP contribution in [0.2, 0.25) is 0 Å². The minimum atomic E-state index is -1.15. The lowest BCUT2D eigenvalue weighted by atomic mass is 9.75. The molecule has 156 valence electrons. The van der Waals surface area contributed by atoms with Gasteiger partial charge in [-0.2, -0.15) is 0 Å². The van der Waals surface area contributed by atoms with Gasteiger partial charge < -0.3 is 5.32 Å². The second-order valence-electron chi connectivity index (χ2n) is 9.06. The summed E-state index contributed by atoms with van der Waals surface area (Å²) in [4.78, 5) is 41.6. The Kier molecular flexibility index (Phi) is 5.01. The van der Waals surface area contributed by atoms with Crippen LogP contribution < -0.4 is 10.6 Å². The Labute approximate surface area is 172 Å². The van der Waals surface area contributed by atoms with E-state index in [2.05, 4.69) is 31.4 Å². The lowest BCUT2D eigenvalue weighted by Crippen LogP contribution is -2.53. The highest BCUT2D eigenvalue weighted by molar-refractivity contribution is 6.15. The van der Waals surface area contributed by atoms with E-state index in [1.165, 1.54) is 4.90 Å². The number of hydrogen-bond donors (Lipinski definition) is 2. The molecule has 4 rings (SSSR count). The predicted molar refractivity (Wildman–Crippen MR) is 111 cm³/mol. The summed E-state index contributed by atoms with van der Waals surface area (Å²) in [5, 5.41) is 6.49. The molecule has 3 aliphatic rings. The third kappa shape index (κ3) is 2.83. The van der Waals surface area contributed by atoms with Gasteiger partial charge in [-0.25, -0.2) is 0 Å². The molecule has 3 heterocycles. The first-order chi connectivity index (χ1) is 13.8. The van der Waals surface area contributed by atoms with Crippen molar-refractivity contribution in [2.45, 2.75) is 65.0 Å². The van der Waals surface area contributed by atoms with Crippen LogP contribution in [0.5, 0.6) is 0 Å². The van der Waals surface area contributed by atoms with Crippen molar-refractivity contribution in [1.82, 2.24) is 10.2 Å². The fourth-order valence-corrected chi connectivity index (χ4v) is 5.38. The maximum Gasteiger partial charge on any atom is 0.250 e. The summed E-state index contributed by atoms with van der Waals surface area (Å²) in [6, 6.07) is 5.76. The van der Waals surface area contributed by atoms with E-state index in [1.54, 1.807) is 0 Å². The Balaban J connectivity index is 1.84. The summed E-state index contributed by atoms with van der Waals surface area (Å²) in [6.45, 7) is 8.77. The summed E-state index contributed by atoms with van der Waals surface area (Å²) in [6.07, 6.45) is 3.29. The van der Waals surface area contributed by atoms with Crippen LogP contribution in [0.1, 0.15) is 58.1 Å². The smallest absolute Gasteiger partial charge is 0.250 e. The van der Waals surface area contributed by atoms with Crippen LogP contribution in [0.3, 0.4) is 0 Å². The van der Waals surface area contributed by atoms with E-state index in [4.69, 9.17) is 0 Å². The summed E-state index contributed by atoms with van der Waals surface area (Å²) >= 11 is 0. The van der Waals surface area contributed by atoms with Crippen molar-refractivity contribution in [1.29, 1.82) is 0 Å². The number of imide groups is 1. The molecule has 0 saturated carbocycles. The molecule has 1 aromatic rings. The van der Waals surface area contributed by atoms with Gasteiger partial charge in [-0.1, -0.05) is 46.2 Å². The first kappa shape index (κ1) is 20.1. The van der Waals surface area contributed by atoms with Crippen molar-refractivity contribution in [3.63, 3.8) is 0 Å². The van der Waals surface area contributed by atoms with Crippen molar-refractivity contribution >= 4 is 23.4 Å². The molecule has 0 radical (unpaired) electrons. The molecule has 4 unspecified atom stereocenters. The van der Waals surface area contributed by atoms with Crippen molar-refractivity contribution in [2.24, 2.45) is 17.8 Å². The monoisotopic (exact) mass is 397 g/mol. The number of unbranched alkanes of at least 4 members (excludes halogenated alkanes) is 1. The number of nitrogens with one attached hydrogen (secondary N) is 2. The molecule has 29 heavy (non-hydrogen) atoms. The average molecular weight is 398 g/mol. The number of hydrogen-bond acceptors (Lipinski definition) is 4. The van der Waals surface area contributed by atoms with Crippen LogP contribution in [0.4, 0.5) is 5.69 Å². The molecule has 6 heteroatoms. The van der Waals surface area contributed by atoms with E-state index in [1.807, 2.05) is 25.1 Å². The topological polar surface area (TPSA) is 78.5 Å². The van der Waals surface area contributed by atoms with Crippen molar-refractivity contribution in [2.75, 3.05) is 11.9 Å². The molecule has 4 atom stereocenters. The molecule has 3 amide bonds. The largest absolute Gasteiger partial charge is 0.324 e. The highest BCUT2D eigenvalue weighted by atomic mass is 16.2. The SMILES string of the molecule is CCCCN1C(=O)C2C(CC(C)C)NC3(C(=O)Nc4ccc(CC)cc43)C2C1=O. The molecule has 2 fully saturated rings. The van der Waals surface area contributed by atoms with Gasteiger partial charge in [0.15, 0.2) is 0 Å². The van der Waals surface area contributed by atoms with Crippen molar-refractivity contribution < 1.29 is 14.4 Å². The van der Waals surface area contributed by atoms with E-state index >= 15 is 0 Å². The number of aryl methyl sites for hydroxylation is 1. The van der Waals surface area contributed by atoms with E-state index in [-0.39, 0.29) is 23.8 Å². The average Bonchev–Trinajstić information content (AvgIpc) is 3.25. The Morgan fingerprint density at radius 3 is 2.55 bits per heavy atom. The molecular formula is C23H31N3O3. The van der Waals surface area contributed by atoms with Gasteiger partial charge in [0.05, 0.1) is 11.8 Å². The fraction of sp³-hybridized carbons (Fsp3) is 0.609. The third-order valence-electron chi connectivity index (χ3n) is 6.74. The van der Waals surface area contributed by atoms with Gasteiger partial charge in [-0.15, -0.1) is 0 Å². The molecule has 0 bridgehead atoms. The van der Waals surface area contributed by atoms with Crippen molar-refractivity contribution in [3.8, 4) is 0 Å². The van der Waals surface area contributed by atoms with Gasteiger partial charge in [0.1, 0.15) is 5.54 Å². The van der Waals surface area contributed by atoms with E-state index in [9.17, 15) is 14.4 Å². The Morgan fingerprint density at radius 2 is 1.90 bits per heavy atom. The summed E-state index contributed by atoms with van der Waals surface area (Å²) < 4.78 is 0. The molecule has 0 aromatic heterocycles. The number of amides is 3. The van der Waals surface area contributed by atoms with Gasteiger partial charge in [0.25, 0.3) is 0 Å². The van der Waals surface area contributed by atoms with E-state index in [0.717, 1.165) is 42.5 Å². The van der Waals surface area contributed by atoms with Gasteiger partial charge >= 0.3 is 0 Å². The highest BCUT2D eigenvalue weighted by Crippen LogP contribution is 2.53. The Bertz CT molecular complexity index is 865. The Hall–Kier alpha value is -2.21. The minimum absolute atomic E-state index is 0.114. The number of carbonyl (C=O) groups is 3. The quantitative estimate of drug-likeness (QED) is 0.724. The van der Waals surface area contributed by atoms with E-state index < -0.39 is 17.4 Å². The lowest BCUT2D eigenvalue weighted by Gasteiger charge is -2.30. The van der Waals surface area contributed by atoms with Crippen LogP contribution in [-0.2, 0) is 26.3 Å². The van der Waals surface area contributed by atoms with Gasteiger partial charge in [0, 0.05) is 23.8 Å². The molecule has 2 N–H and O–H groups in total. The Morgan fingerprint density at radius 1 is 1.14 bits per heavy atom. The second kappa shape index (κ2) is 7.24. The zero-order valence-corrected chi connectivity index (χ0v) is 17.7. The lowest BCUT2D eigenvalue weighted by molar-refractivity contribution is -0.142. The minimum Gasteiger partial charge on any atom is -0.324 e. The fourth-order valence-electron chi connectivity index (χ4n) is 5.38. The normalized spacial score (nSPS) is 30.4. The van der Waals surface area contributed by atoms with Crippen LogP contribution in [0.25, 0.3) is 0 Å². The molecule has 0 aliphatic carbocycles. The number of nitrogens with zero attached hydrogens (tertiary/aromatic N) is 1. The van der Waals surface area contributed by atoms with Crippen LogP contribution in [-0.4, -0.2) is 35.2 Å². The van der Waals surface area contributed by atoms with Gasteiger partial charge in [-0.05, 0) is 36.8 Å². The molecule has 2 saturated heterocycles. The van der Waals surface area contributed by atoms with Gasteiger partial charge in [0.2, 0.25) is 17.7 Å². The molecule has 1 spiro atoms. The first-order valence-corrected chi connectivity index (χ1v) is 10.9. The highest BCUT2D eigenvalue weighted by Gasteiger charge is 2.70. The maximum atomic E-state index is 13.5. The first-order valence-electron chi connectivity index (χ1n) is 10.9. The third-order valence-corrected chi connectivity index (χ3v) is 6.74. The van der Waals surface area contributed by atoms with Gasteiger partial charge in [-0.3, -0.25) is 24.6 Å². The summed E-state index contributed by atoms with van der Waals surface area (Å²) in [5.74, 6) is -1.33. The predicted octanol–water partition coefficient (Wildman–Crippen LogP) is 2.82. The summed E-state index contributed by atoms with van der Waals surface area (Å²) in [7, 11) is 0. The zero-order valence-electron chi connectivity index (χ0n) is 17.7. The second-order valence-corrected chi connectivity index (χ2v) is 9.06. The summed E-state index contributed by atoms with van der Waals surface area (Å²) in [5.41, 5.74) is 1.53. The molecule has 1 aromatic carbocycles. The number of fused-ring (bicyclic) bond motifs is 4. The number of anilines is 1. The maximum absolute atomic E-state index is 13.5. The number of likely N-dealkylation sites (tertiary alicyclic amines) is 1. The van der Waals surface area contributed by atoms with Crippen molar-refractivity contribution in [3.05, 3.63) is 29.3 Å². The number of benzene rings is 1. The molecule has 3 aliphatic heterocycles. The van der Waals surface area contributed by atoms with Crippen LogP contribution >= 0.6 is 0 Å².